The summed E-state index contributed by atoms with van der Waals surface area (Å²) in [5.41, 5.74) is 1.73. The molecule has 0 atom stereocenters. The van der Waals surface area contributed by atoms with E-state index in [1.807, 2.05) is 24.3 Å². The van der Waals surface area contributed by atoms with Crippen molar-refractivity contribution < 1.29 is 9.84 Å². The summed E-state index contributed by atoms with van der Waals surface area (Å²) in [5.74, 6) is 0.563. The van der Waals surface area contributed by atoms with Gasteiger partial charge in [0.15, 0.2) is 11.5 Å². The SMILES string of the molecule is COc1cc(C=Nc2ccc(Br)cc2)ccc1O. The molecule has 0 saturated heterocycles. The predicted octanol–water partition coefficient (Wildman–Crippen LogP) is 3.91. The van der Waals surface area contributed by atoms with Crippen LogP contribution in [0, 0.1) is 0 Å². The Morgan fingerprint density at radius 2 is 1.89 bits per heavy atom. The van der Waals surface area contributed by atoms with Gasteiger partial charge in [-0.2, -0.15) is 0 Å². The first-order valence-electron chi connectivity index (χ1n) is 5.35. The summed E-state index contributed by atoms with van der Waals surface area (Å²) in [4.78, 5) is 4.34. The number of benzene rings is 2. The number of hydrogen-bond acceptors (Lipinski definition) is 3. The van der Waals surface area contributed by atoms with Gasteiger partial charge < -0.3 is 9.84 Å². The minimum atomic E-state index is 0.123. The molecule has 0 aromatic heterocycles. The van der Waals surface area contributed by atoms with Crippen LogP contribution in [-0.2, 0) is 0 Å². The second-order valence-electron chi connectivity index (χ2n) is 3.67. The topological polar surface area (TPSA) is 41.8 Å². The van der Waals surface area contributed by atoms with Gasteiger partial charge in [-0.1, -0.05) is 15.9 Å². The van der Waals surface area contributed by atoms with E-state index in [2.05, 4.69) is 20.9 Å². The lowest BCUT2D eigenvalue weighted by Crippen LogP contribution is -1.86. The van der Waals surface area contributed by atoms with Gasteiger partial charge in [0.1, 0.15) is 0 Å². The van der Waals surface area contributed by atoms with Gasteiger partial charge in [0.2, 0.25) is 0 Å². The summed E-state index contributed by atoms with van der Waals surface area (Å²) in [7, 11) is 1.52. The molecule has 2 rings (SSSR count). The number of halogens is 1. The van der Waals surface area contributed by atoms with Crippen LogP contribution in [0.4, 0.5) is 5.69 Å². The molecule has 0 bridgehead atoms. The summed E-state index contributed by atoms with van der Waals surface area (Å²) >= 11 is 3.37. The van der Waals surface area contributed by atoms with Crippen LogP contribution in [0.5, 0.6) is 11.5 Å². The number of rotatable bonds is 3. The van der Waals surface area contributed by atoms with Crippen molar-refractivity contribution in [3.05, 3.63) is 52.5 Å². The lowest BCUT2D eigenvalue weighted by atomic mass is 10.2. The summed E-state index contributed by atoms with van der Waals surface area (Å²) in [5, 5.41) is 9.48. The zero-order valence-electron chi connectivity index (χ0n) is 9.80. The smallest absolute Gasteiger partial charge is 0.161 e. The van der Waals surface area contributed by atoms with Crippen LogP contribution < -0.4 is 4.74 Å². The number of nitrogens with zero attached hydrogens (tertiary/aromatic N) is 1. The molecule has 4 heteroatoms. The molecule has 92 valence electrons. The monoisotopic (exact) mass is 305 g/mol. The third-order valence-electron chi connectivity index (χ3n) is 2.39. The average molecular weight is 306 g/mol. The molecule has 0 aliphatic carbocycles. The minimum absolute atomic E-state index is 0.123. The molecule has 2 aromatic carbocycles. The minimum Gasteiger partial charge on any atom is -0.504 e. The van der Waals surface area contributed by atoms with Gasteiger partial charge in [-0.15, -0.1) is 0 Å². The van der Waals surface area contributed by atoms with Gasteiger partial charge in [0.05, 0.1) is 12.8 Å². The highest BCUT2D eigenvalue weighted by molar-refractivity contribution is 9.10. The fourth-order valence-corrected chi connectivity index (χ4v) is 1.72. The Morgan fingerprint density at radius 3 is 2.56 bits per heavy atom. The maximum Gasteiger partial charge on any atom is 0.161 e. The Bertz CT molecular complexity index is 565. The molecule has 0 saturated carbocycles. The van der Waals surface area contributed by atoms with E-state index in [1.54, 1.807) is 24.4 Å². The Morgan fingerprint density at radius 1 is 1.17 bits per heavy atom. The van der Waals surface area contributed by atoms with Crippen LogP contribution in [-0.4, -0.2) is 18.4 Å². The molecule has 0 unspecified atom stereocenters. The van der Waals surface area contributed by atoms with Crippen LogP contribution in [0.1, 0.15) is 5.56 Å². The van der Waals surface area contributed by atoms with E-state index in [0.717, 1.165) is 15.7 Å². The zero-order valence-corrected chi connectivity index (χ0v) is 11.4. The second kappa shape index (κ2) is 5.69. The molecular weight excluding hydrogens is 294 g/mol. The van der Waals surface area contributed by atoms with E-state index in [1.165, 1.54) is 7.11 Å². The average Bonchev–Trinajstić information content (AvgIpc) is 2.39. The molecule has 0 amide bonds. The summed E-state index contributed by atoms with van der Waals surface area (Å²) < 4.78 is 6.06. The standard InChI is InChI=1S/C14H12BrNO2/c1-18-14-8-10(2-7-13(14)17)9-16-12-5-3-11(15)4-6-12/h2-9,17H,1H3. The molecule has 18 heavy (non-hydrogen) atoms. The van der Waals surface area contributed by atoms with Crippen molar-refractivity contribution >= 4 is 27.8 Å². The van der Waals surface area contributed by atoms with E-state index >= 15 is 0 Å². The van der Waals surface area contributed by atoms with Crippen molar-refractivity contribution in [1.82, 2.24) is 0 Å². The highest BCUT2D eigenvalue weighted by Gasteiger charge is 2.00. The highest BCUT2D eigenvalue weighted by atomic mass is 79.9. The van der Waals surface area contributed by atoms with Crippen LogP contribution in [0.25, 0.3) is 0 Å². The maximum atomic E-state index is 9.48. The van der Waals surface area contributed by atoms with Crippen molar-refractivity contribution in [1.29, 1.82) is 0 Å². The molecule has 0 aliphatic rings. The first kappa shape index (κ1) is 12.6. The van der Waals surface area contributed by atoms with Crippen molar-refractivity contribution in [3.8, 4) is 11.5 Å². The van der Waals surface area contributed by atoms with Gasteiger partial charge in [-0.3, -0.25) is 4.99 Å². The van der Waals surface area contributed by atoms with E-state index in [0.29, 0.717) is 5.75 Å². The largest absolute Gasteiger partial charge is 0.504 e. The number of phenols is 1. The maximum absolute atomic E-state index is 9.48. The number of methoxy groups -OCH3 is 1. The second-order valence-corrected chi connectivity index (χ2v) is 4.58. The fraction of sp³-hybridized carbons (Fsp3) is 0.0714. The Balaban J connectivity index is 2.20. The molecule has 0 fully saturated rings. The van der Waals surface area contributed by atoms with Crippen LogP contribution >= 0.6 is 15.9 Å². The van der Waals surface area contributed by atoms with E-state index in [9.17, 15) is 5.11 Å². The Kier molecular flexibility index (Phi) is 3.99. The normalized spacial score (nSPS) is 10.8. The van der Waals surface area contributed by atoms with Crippen molar-refractivity contribution in [2.75, 3.05) is 7.11 Å². The highest BCUT2D eigenvalue weighted by Crippen LogP contribution is 2.26. The van der Waals surface area contributed by atoms with E-state index < -0.39 is 0 Å². The quantitative estimate of drug-likeness (QED) is 0.873. The van der Waals surface area contributed by atoms with Gasteiger partial charge in [0.25, 0.3) is 0 Å². The Hall–Kier alpha value is -1.81. The molecule has 0 spiro atoms. The number of phenolic OH excluding ortho intramolecular Hbond substituents is 1. The number of aromatic hydroxyl groups is 1. The summed E-state index contributed by atoms with van der Waals surface area (Å²) in [6.45, 7) is 0. The molecule has 0 aliphatic heterocycles. The first-order valence-corrected chi connectivity index (χ1v) is 6.15. The fourth-order valence-electron chi connectivity index (χ4n) is 1.45. The summed E-state index contributed by atoms with van der Waals surface area (Å²) in [6.07, 6.45) is 1.73. The van der Waals surface area contributed by atoms with Crippen LogP contribution in [0.2, 0.25) is 0 Å². The molecule has 0 radical (unpaired) electrons. The summed E-state index contributed by atoms with van der Waals surface area (Å²) in [6, 6.07) is 12.8. The first-order chi connectivity index (χ1) is 8.69. The zero-order chi connectivity index (χ0) is 13.0. The molecular formula is C14H12BrNO2. The van der Waals surface area contributed by atoms with E-state index in [4.69, 9.17) is 4.74 Å². The molecule has 0 heterocycles. The van der Waals surface area contributed by atoms with Crippen LogP contribution in [0.3, 0.4) is 0 Å². The number of ether oxygens (including phenoxy) is 1. The third kappa shape index (κ3) is 3.11. The van der Waals surface area contributed by atoms with Crippen LogP contribution in [0.15, 0.2) is 51.9 Å². The van der Waals surface area contributed by atoms with Gasteiger partial charge in [-0.05, 0) is 48.0 Å². The Labute approximate surface area is 114 Å². The van der Waals surface area contributed by atoms with Crippen molar-refractivity contribution in [3.63, 3.8) is 0 Å². The molecule has 2 aromatic rings. The lowest BCUT2D eigenvalue weighted by Gasteiger charge is -2.03. The lowest BCUT2D eigenvalue weighted by molar-refractivity contribution is 0.373. The number of aliphatic imine (C=N–C) groups is 1. The number of hydrogen-bond donors (Lipinski definition) is 1. The third-order valence-corrected chi connectivity index (χ3v) is 2.92. The van der Waals surface area contributed by atoms with E-state index in [-0.39, 0.29) is 5.75 Å². The molecule has 1 N–H and O–H groups in total. The predicted molar refractivity (Wildman–Crippen MR) is 76.1 cm³/mol. The van der Waals surface area contributed by atoms with Gasteiger partial charge in [0, 0.05) is 10.7 Å². The van der Waals surface area contributed by atoms with Gasteiger partial charge >= 0.3 is 0 Å². The van der Waals surface area contributed by atoms with Crippen molar-refractivity contribution in [2.45, 2.75) is 0 Å². The van der Waals surface area contributed by atoms with Crippen molar-refractivity contribution in [2.24, 2.45) is 4.99 Å². The molecule has 3 nitrogen and oxygen atoms in total. The van der Waals surface area contributed by atoms with Gasteiger partial charge in [-0.25, -0.2) is 0 Å².